The van der Waals surface area contributed by atoms with Gasteiger partial charge in [0.15, 0.2) is 0 Å². The van der Waals surface area contributed by atoms with Gasteiger partial charge in [-0.1, -0.05) is 18.2 Å². The first-order valence-corrected chi connectivity index (χ1v) is 7.37. The molecule has 0 spiro atoms. The SMILES string of the molecule is Cc1cc(C#N)ccc1COc1c(C)cc(CCl)cc1C. The monoisotopic (exact) mass is 299 g/mol. The molecule has 0 heterocycles. The molecule has 2 nitrogen and oxygen atoms in total. The summed E-state index contributed by atoms with van der Waals surface area (Å²) in [6.07, 6.45) is 0. The number of benzene rings is 2. The van der Waals surface area contributed by atoms with Crippen LogP contribution in [0.2, 0.25) is 0 Å². The van der Waals surface area contributed by atoms with Crippen LogP contribution in [0.5, 0.6) is 5.75 Å². The molecule has 0 saturated heterocycles. The van der Waals surface area contributed by atoms with Crippen molar-refractivity contribution < 1.29 is 4.74 Å². The van der Waals surface area contributed by atoms with Crippen molar-refractivity contribution in [1.29, 1.82) is 5.26 Å². The zero-order valence-electron chi connectivity index (χ0n) is 12.5. The van der Waals surface area contributed by atoms with Crippen LogP contribution in [0.3, 0.4) is 0 Å². The van der Waals surface area contributed by atoms with E-state index >= 15 is 0 Å². The number of nitrogens with zero attached hydrogens (tertiary/aromatic N) is 1. The largest absolute Gasteiger partial charge is 0.488 e. The molecule has 0 amide bonds. The summed E-state index contributed by atoms with van der Waals surface area (Å²) >= 11 is 5.88. The fourth-order valence-corrected chi connectivity index (χ4v) is 2.58. The van der Waals surface area contributed by atoms with Crippen LogP contribution in [0.4, 0.5) is 0 Å². The zero-order chi connectivity index (χ0) is 15.4. The Hall–Kier alpha value is -1.98. The average Bonchev–Trinajstić information content (AvgIpc) is 2.47. The van der Waals surface area contributed by atoms with Crippen LogP contribution in [0.15, 0.2) is 30.3 Å². The molecule has 0 aliphatic heterocycles. The Morgan fingerprint density at radius 2 is 1.71 bits per heavy atom. The van der Waals surface area contributed by atoms with Gasteiger partial charge in [-0.2, -0.15) is 5.26 Å². The van der Waals surface area contributed by atoms with Crippen LogP contribution >= 0.6 is 11.6 Å². The molecular weight excluding hydrogens is 282 g/mol. The van der Waals surface area contributed by atoms with E-state index in [0.29, 0.717) is 18.1 Å². The zero-order valence-corrected chi connectivity index (χ0v) is 13.3. The molecule has 0 radical (unpaired) electrons. The van der Waals surface area contributed by atoms with Crippen molar-refractivity contribution in [2.45, 2.75) is 33.3 Å². The Morgan fingerprint density at radius 3 is 2.24 bits per heavy atom. The van der Waals surface area contributed by atoms with Gasteiger partial charge in [0.1, 0.15) is 12.4 Å². The lowest BCUT2D eigenvalue weighted by atomic mass is 10.1. The minimum absolute atomic E-state index is 0.499. The Bertz CT molecular complexity index is 678. The first kappa shape index (κ1) is 15.4. The molecular formula is C18H18ClNO. The van der Waals surface area contributed by atoms with Gasteiger partial charge in [0.25, 0.3) is 0 Å². The van der Waals surface area contributed by atoms with Gasteiger partial charge < -0.3 is 4.74 Å². The Balaban J connectivity index is 2.19. The number of aryl methyl sites for hydroxylation is 3. The summed E-state index contributed by atoms with van der Waals surface area (Å²) < 4.78 is 5.98. The normalized spacial score (nSPS) is 10.2. The number of nitriles is 1. The van der Waals surface area contributed by atoms with Crippen molar-refractivity contribution in [2.75, 3.05) is 0 Å². The van der Waals surface area contributed by atoms with Crippen LogP contribution in [0.25, 0.3) is 0 Å². The molecule has 21 heavy (non-hydrogen) atoms. The second-order valence-electron chi connectivity index (χ2n) is 5.23. The van der Waals surface area contributed by atoms with Crippen LogP contribution < -0.4 is 4.74 Å². The van der Waals surface area contributed by atoms with Gasteiger partial charge >= 0.3 is 0 Å². The highest BCUT2D eigenvalue weighted by Crippen LogP contribution is 2.27. The maximum atomic E-state index is 8.89. The first-order chi connectivity index (χ1) is 10.0. The van der Waals surface area contributed by atoms with Gasteiger partial charge in [0.05, 0.1) is 11.6 Å². The van der Waals surface area contributed by atoms with E-state index in [1.165, 1.54) is 0 Å². The molecule has 0 unspecified atom stereocenters. The van der Waals surface area contributed by atoms with Crippen molar-refractivity contribution in [3.8, 4) is 11.8 Å². The van der Waals surface area contributed by atoms with Crippen molar-refractivity contribution in [2.24, 2.45) is 0 Å². The second-order valence-corrected chi connectivity index (χ2v) is 5.50. The van der Waals surface area contributed by atoms with E-state index in [1.54, 1.807) is 0 Å². The number of alkyl halides is 1. The highest BCUT2D eigenvalue weighted by Gasteiger charge is 2.08. The van der Waals surface area contributed by atoms with Gasteiger partial charge in [0, 0.05) is 5.88 Å². The number of halogens is 1. The summed E-state index contributed by atoms with van der Waals surface area (Å²) in [6.45, 7) is 6.56. The van der Waals surface area contributed by atoms with E-state index in [9.17, 15) is 0 Å². The molecule has 0 aliphatic carbocycles. The Morgan fingerprint density at radius 1 is 1.05 bits per heavy atom. The Kier molecular flexibility index (Phi) is 4.88. The quantitative estimate of drug-likeness (QED) is 0.760. The molecule has 0 atom stereocenters. The molecule has 2 aromatic carbocycles. The van der Waals surface area contributed by atoms with Gasteiger partial charge in [0.2, 0.25) is 0 Å². The third-order valence-corrected chi connectivity index (χ3v) is 3.83. The standard InChI is InChI=1S/C18H18ClNO/c1-12-6-15(10-20)4-5-17(12)11-21-18-13(2)7-16(9-19)8-14(18)3/h4-8H,9,11H2,1-3H3. The van der Waals surface area contributed by atoms with E-state index in [2.05, 4.69) is 18.2 Å². The van der Waals surface area contributed by atoms with Crippen molar-refractivity contribution in [1.82, 2.24) is 0 Å². The minimum Gasteiger partial charge on any atom is -0.488 e. The number of hydrogen-bond acceptors (Lipinski definition) is 2. The molecule has 108 valence electrons. The minimum atomic E-state index is 0.499. The lowest BCUT2D eigenvalue weighted by molar-refractivity contribution is 0.301. The van der Waals surface area contributed by atoms with E-state index < -0.39 is 0 Å². The summed E-state index contributed by atoms with van der Waals surface area (Å²) in [4.78, 5) is 0. The lowest BCUT2D eigenvalue weighted by Gasteiger charge is -2.14. The van der Waals surface area contributed by atoms with Crippen molar-refractivity contribution in [3.63, 3.8) is 0 Å². The van der Waals surface area contributed by atoms with Gasteiger partial charge in [-0.05, 0) is 60.7 Å². The van der Waals surface area contributed by atoms with E-state index in [1.807, 2.05) is 39.0 Å². The molecule has 0 aliphatic rings. The predicted molar refractivity (Wildman–Crippen MR) is 85.7 cm³/mol. The lowest BCUT2D eigenvalue weighted by Crippen LogP contribution is -2.01. The van der Waals surface area contributed by atoms with Gasteiger partial charge in [-0.15, -0.1) is 11.6 Å². The number of ether oxygens (including phenoxy) is 1. The van der Waals surface area contributed by atoms with Gasteiger partial charge in [-0.3, -0.25) is 0 Å². The van der Waals surface area contributed by atoms with Crippen LogP contribution in [-0.2, 0) is 12.5 Å². The molecule has 0 aromatic heterocycles. The smallest absolute Gasteiger partial charge is 0.125 e. The first-order valence-electron chi connectivity index (χ1n) is 6.83. The predicted octanol–water partition coefficient (Wildman–Crippen LogP) is 4.80. The molecule has 0 fully saturated rings. The molecule has 0 saturated carbocycles. The maximum absolute atomic E-state index is 8.89. The summed E-state index contributed by atoms with van der Waals surface area (Å²) in [5.74, 6) is 1.42. The highest BCUT2D eigenvalue weighted by molar-refractivity contribution is 6.17. The van der Waals surface area contributed by atoms with E-state index in [4.69, 9.17) is 21.6 Å². The summed E-state index contributed by atoms with van der Waals surface area (Å²) in [5.41, 5.74) is 6.13. The number of rotatable bonds is 4. The second kappa shape index (κ2) is 6.65. The van der Waals surface area contributed by atoms with Crippen LogP contribution in [0.1, 0.15) is 33.4 Å². The summed E-state index contributed by atoms with van der Waals surface area (Å²) in [6, 6.07) is 11.9. The summed E-state index contributed by atoms with van der Waals surface area (Å²) in [7, 11) is 0. The number of hydrogen-bond donors (Lipinski definition) is 0. The average molecular weight is 300 g/mol. The van der Waals surface area contributed by atoms with Crippen LogP contribution in [0, 0.1) is 32.1 Å². The highest BCUT2D eigenvalue weighted by atomic mass is 35.5. The molecule has 0 bridgehead atoms. The van der Waals surface area contributed by atoms with Crippen LogP contribution in [-0.4, -0.2) is 0 Å². The summed E-state index contributed by atoms with van der Waals surface area (Å²) in [5, 5.41) is 8.89. The van der Waals surface area contributed by atoms with E-state index in [0.717, 1.165) is 33.6 Å². The maximum Gasteiger partial charge on any atom is 0.125 e. The molecule has 2 aromatic rings. The van der Waals surface area contributed by atoms with Crippen molar-refractivity contribution in [3.05, 3.63) is 63.7 Å². The third-order valence-electron chi connectivity index (χ3n) is 3.52. The molecule has 3 heteroatoms. The Labute approximate surface area is 130 Å². The topological polar surface area (TPSA) is 33.0 Å². The van der Waals surface area contributed by atoms with Crippen molar-refractivity contribution >= 4 is 11.6 Å². The van der Waals surface area contributed by atoms with E-state index in [-0.39, 0.29) is 0 Å². The molecule has 0 N–H and O–H groups in total. The fourth-order valence-electron chi connectivity index (χ4n) is 2.42. The van der Waals surface area contributed by atoms with Gasteiger partial charge in [-0.25, -0.2) is 0 Å². The molecule has 2 rings (SSSR count). The fraction of sp³-hybridized carbons (Fsp3) is 0.278. The third kappa shape index (κ3) is 3.56.